The van der Waals surface area contributed by atoms with E-state index in [1.807, 2.05) is 66.7 Å². The van der Waals surface area contributed by atoms with Crippen molar-refractivity contribution in [2.45, 2.75) is 0 Å². The van der Waals surface area contributed by atoms with E-state index in [4.69, 9.17) is 18.1 Å². The minimum absolute atomic E-state index is 0.117. The van der Waals surface area contributed by atoms with Gasteiger partial charge in [-0.25, -0.2) is 0 Å². The molecule has 0 bridgehead atoms. The SMILES string of the molecule is [2H]c1c([2H])c([2H])c(-c2cccc(-c3c4ccccc4c(-c4cccc5oc6ccc(-c7c([2H])c([2H])c([2H])c([2H])c7[2H])cc6c45)c4ccccc34)c2)c([2H])c1[2H]. The third-order valence-corrected chi connectivity index (χ3v) is 8.42. The van der Waals surface area contributed by atoms with Crippen molar-refractivity contribution in [3.63, 3.8) is 0 Å². The molecule has 8 aromatic carbocycles. The molecule has 210 valence electrons. The van der Waals surface area contributed by atoms with Gasteiger partial charge in [0.05, 0.1) is 13.7 Å². The van der Waals surface area contributed by atoms with Gasteiger partial charge < -0.3 is 4.42 Å². The molecule has 0 radical (unpaired) electrons. The van der Waals surface area contributed by atoms with Crippen LogP contribution in [-0.4, -0.2) is 0 Å². The second-order valence-corrected chi connectivity index (χ2v) is 10.9. The first-order chi connectivity index (χ1) is 26.5. The lowest BCUT2D eigenvalue weighted by atomic mass is 9.84. The van der Waals surface area contributed by atoms with E-state index in [9.17, 15) is 0 Å². The van der Waals surface area contributed by atoms with E-state index in [1.54, 1.807) is 18.2 Å². The third-order valence-electron chi connectivity index (χ3n) is 8.42. The van der Waals surface area contributed by atoms with Crippen LogP contribution in [0.5, 0.6) is 0 Å². The Morgan fingerprint density at radius 3 is 1.58 bits per heavy atom. The molecule has 1 nitrogen and oxygen atoms in total. The number of hydrogen-bond acceptors (Lipinski definition) is 1. The molecule has 1 heterocycles. The normalized spacial score (nSPS) is 14.7. The van der Waals surface area contributed by atoms with Gasteiger partial charge in [0.25, 0.3) is 0 Å². The van der Waals surface area contributed by atoms with Gasteiger partial charge in [-0.1, -0.05) is 145 Å². The lowest BCUT2D eigenvalue weighted by Gasteiger charge is -2.18. The Labute approximate surface area is 275 Å². The molecule has 0 N–H and O–H groups in total. The van der Waals surface area contributed by atoms with Crippen molar-refractivity contribution in [2.75, 3.05) is 0 Å². The average Bonchev–Trinajstić information content (AvgIpc) is 3.58. The molecule has 9 aromatic rings. The van der Waals surface area contributed by atoms with Gasteiger partial charge in [-0.15, -0.1) is 0 Å². The smallest absolute Gasteiger partial charge is 0.136 e. The van der Waals surface area contributed by atoms with Crippen LogP contribution in [0, 0.1) is 0 Å². The third kappa shape index (κ3) is 4.17. The number of fused-ring (bicyclic) bond motifs is 5. The van der Waals surface area contributed by atoms with Crippen LogP contribution in [0.1, 0.15) is 13.7 Å². The Morgan fingerprint density at radius 1 is 0.378 bits per heavy atom. The molecule has 0 fully saturated rings. The summed E-state index contributed by atoms with van der Waals surface area (Å²) in [7, 11) is 0. The van der Waals surface area contributed by atoms with E-state index in [0.29, 0.717) is 22.3 Å². The van der Waals surface area contributed by atoms with Gasteiger partial charge in [0.1, 0.15) is 11.2 Å². The quantitative estimate of drug-likeness (QED) is 0.188. The number of benzene rings is 8. The summed E-state index contributed by atoms with van der Waals surface area (Å²) in [6, 6.07) is 31.3. The predicted octanol–water partition coefficient (Wildman–Crippen LogP) is 12.6. The Bertz CT molecular complexity index is 3000. The first-order valence-corrected chi connectivity index (χ1v) is 14.6. The largest absolute Gasteiger partial charge is 0.456 e. The molecule has 0 unspecified atom stereocenters. The highest BCUT2D eigenvalue weighted by Gasteiger charge is 2.20. The standard InChI is InChI=1S/C44H28O/c1-3-13-29(14-4-1)31-17-11-18-33(27-31)42-34-19-7-9-21-36(34)43(37-22-10-8-20-35(37)42)38-23-12-24-41-44(38)39-28-32(25-26-40(39)45-41)30-15-5-2-6-16-30/h1-28H/i1D,2D,3D,4D,5D,6D,13D,14D,15D,16D. The Kier molecular flexibility index (Phi) is 4.01. The minimum Gasteiger partial charge on any atom is -0.456 e. The van der Waals surface area contributed by atoms with Gasteiger partial charge in [0.2, 0.25) is 0 Å². The summed E-state index contributed by atoms with van der Waals surface area (Å²) in [6.07, 6.45) is 0. The van der Waals surface area contributed by atoms with Crippen molar-refractivity contribution in [2.24, 2.45) is 0 Å². The van der Waals surface area contributed by atoms with Crippen LogP contribution < -0.4 is 0 Å². The maximum Gasteiger partial charge on any atom is 0.136 e. The molecule has 1 heteroatoms. The van der Waals surface area contributed by atoms with E-state index in [-0.39, 0.29) is 47.4 Å². The van der Waals surface area contributed by atoms with Crippen molar-refractivity contribution < 1.29 is 18.1 Å². The summed E-state index contributed by atoms with van der Waals surface area (Å²) < 4.78 is 90.1. The van der Waals surface area contributed by atoms with Gasteiger partial charge in [-0.3, -0.25) is 0 Å². The Morgan fingerprint density at radius 2 is 0.933 bits per heavy atom. The molecule has 0 amide bonds. The lowest BCUT2D eigenvalue weighted by Crippen LogP contribution is -1.91. The minimum atomic E-state index is -0.445. The van der Waals surface area contributed by atoms with Crippen molar-refractivity contribution in [3.05, 3.63) is 170 Å². The highest BCUT2D eigenvalue weighted by molar-refractivity contribution is 6.25. The maximum absolute atomic E-state index is 8.63. The number of furan rings is 1. The molecular weight excluding hydrogens is 544 g/mol. The Hall–Kier alpha value is -5.92. The summed E-state index contributed by atoms with van der Waals surface area (Å²) in [5.41, 5.74) is 6.06. The van der Waals surface area contributed by atoms with Crippen molar-refractivity contribution in [1.29, 1.82) is 0 Å². The molecule has 0 saturated heterocycles. The van der Waals surface area contributed by atoms with Gasteiger partial charge >= 0.3 is 0 Å². The van der Waals surface area contributed by atoms with E-state index in [1.165, 1.54) is 0 Å². The number of rotatable bonds is 4. The first-order valence-electron chi connectivity index (χ1n) is 19.6. The molecule has 1 aromatic heterocycles. The van der Waals surface area contributed by atoms with Gasteiger partial charge in [0.15, 0.2) is 0 Å². The zero-order valence-electron chi connectivity index (χ0n) is 33.8. The lowest BCUT2D eigenvalue weighted by molar-refractivity contribution is 0.669. The zero-order valence-corrected chi connectivity index (χ0v) is 23.8. The molecule has 45 heavy (non-hydrogen) atoms. The highest BCUT2D eigenvalue weighted by atomic mass is 16.3. The van der Waals surface area contributed by atoms with E-state index < -0.39 is 24.2 Å². The van der Waals surface area contributed by atoms with Crippen LogP contribution >= 0.6 is 0 Å². The fourth-order valence-corrected chi connectivity index (χ4v) is 6.54. The summed E-state index contributed by atoms with van der Waals surface area (Å²) >= 11 is 0. The molecule has 0 aliphatic heterocycles. The van der Waals surface area contributed by atoms with E-state index >= 15 is 0 Å². The summed E-state index contributed by atoms with van der Waals surface area (Å²) in [5, 5.41) is 5.34. The van der Waals surface area contributed by atoms with Crippen LogP contribution in [0.2, 0.25) is 0 Å². The zero-order chi connectivity index (χ0) is 38.4. The molecule has 9 rings (SSSR count). The van der Waals surface area contributed by atoms with Gasteiger partial charge in [0, 0.05) is 10.8 Å². The van der Waals surface area contributed by atoms with Crippen molar-refractivity contribution in [3.8, 4) is 44.5 Å². The summed E-state index contributed by atoms with van der Waals surface area (Å²) in [4.78, 5) is 0. The monoisotopic (exact) mass is 582 g/mol. The van der Waals surface area contributed by atoms with Gasteiger partial charge in [-0.2, -0.15) is 0 Å². The fraction of sp³-hybridized carbons (Fsp3) is 0. The summed E-state index contributed by atoms with van der Waals surface area (Å²) in [5.74, 6) is 0. The van der Waals surface area contributed by atoms with Crippen molar-refractivity contribution >= 4 is 43.5 Å². The maximum atomic E-state index is 8.63. The number of hydrogen-bond donors (Lipinski definition) is 0. The van der Waals surface area contributed by atoms with Crippen LogP contribution in [0.15, 0.2) is 174 Å². The van der Waals surface area contributed by atoms with Crippen molar-refractivity contribution in [1.82, 2.24) is 0 Å². The topological polar surface area (TPSA) is 13.1 Å². The van der Waals surface area contributed by atoms with E-state index in [2.05, 4.69) is 24.3 Å². The molecule has 0 atom stereocenters. The second-order valence-electron chi connectivity index (χ2n) is 10.9. The molecule has 0 aliphatic carbocycles. The summed E-state index contributed by atoms with van der Waals surface area (Å²) in [6.45, 7) is 0. The first kappa shape index (κ1) is 17.4. The molecule has 0 aliphatic rings. The fourth-order valence-electron chi connectivity index (χ4n) is 6.54. The van der Waals surface area contributed by atoms with Crippen LogP contribution in [0.25, 0.3) is 88.0 Å². The average molecular weight is 583 g/mol. The molecule has 0 saturated carbocycles. The Balaban J connectivity index is 1.33. The molecule has 0 spiro atoms. The molecular formula is C44H28O. The highest BCUT2D eigenvalue weighted by Crippen LogP contribution is 2.47. The van der Waals surface area contributed by atoms with Gasteiger partial charge in [-0.05, 0) is 90.3 Å². The van der Waals surface area contributed by atoms with E-state index in [0.717, 1.165) is 54.6 Å². The van der Waals surface area contributed by atoms with Crippen LogP contribution in [0.4, 0.5) is 0 Å². The van der Waals surface area contributed by atoms with Crippen LogP contribution in [0.3, 0.4) is 0 Å². The predicted molar refractivity (Wildman–Crippen MR) is 190 cm³/mol. The second kappa shape index (κ2) is 10.4. The van der Waals surface area contributed by atoms with Crippen LogP contribution in [-0.2, 0) is 0 Å².